The van der Waals surface area contributed by atoms with Crippen molar-refractivity contribution in [3.05, 3.63) is 65.2 Å². The van der Waals surface area contributed by atoms with Gasteiger partial charge >= 0.3 is 0 Å². The van der Waals surface area contributed by atoms with E-state index in [2.05, 4.69) is 19.2 Å². The Labute approximate surface area is 184 Å². The summed E-state index contributed by atoms with van der Waals surface area (Å²) in [5.74, 6) is 0.872. The van der Waals surface area contributed by atoms with E-state index in [1.54, 1.807) is 7.11 Å². The molecule has 5 nitrogen and oxygen atoms in total. The molecule has 0 radical (unpaired) electrons. The van der Waals surface area contributed by atoms with Gasteiger partial charge in [0.05, 0.1) is 18.6 Å². The summed E-state index contributed by atoms with van der Waals surface area (Å²) in [4.78, 5) is 29.2. The molecule has 1 saturated carbocycles. The van der Waals surface area contributed by atoms with E-state index in [0.29, 0.717) is 24.6 Å². The average Bonchev–Trinajstić information content (AvgIpc) is 3.25. The summed E-state index contributed by atoms with van der Waals surface area (Å²) in [6, 6.07) is 15.4. The van der Waals surface area contributed by atoms with Crippen LogP contribution in [0, 0.1) is 5.92 Å². The molecule has 0 saturated heterocycles. The van der Waals surface area contributed by atoms with Crippen molar-refractivity contribution in [3.63, 3.8) is 0 Å². The number of nitrogens with zero attached hydrogens (tertiary/aromatic N) is 1. The number of hydrogen-bond donors (Lipinski definition) is 1. The quantitative estimate of drug-likeness (QED) is 0.748. The molecule has 2 aromatic carbocycles. The van der Waals surface area contributed by atoms with Crippen molar-refractivity contribution in [2.24, 2.45) is 5.92 Å². The first-order chi connectivity index (χ1) is 15.0. The molecule has 164 valence electrons. The first-order valence-corrected chi connectivity index (χ1v) is 11.3. The van der Waals surface area contributed by atoms with Gasteiger partial charge in [0.2, 0.25) is 5.91 Å². The van der Waals surface area contributed by atoms with Crippen molar-refractivity contribution >= 4 is 11.8 Å². The highest BCUT2D eigenvalue weighted by Gasteiger charge is 2.55. The molecule has 0 aromatic heterocycles. The minimum absolute atomic E-state index is 0.00595. The third kappa shape index (κ3) is 3.93. The number of benzene rings is 2. The molecule has 0 unspecified atom stereocenters. The highest BCUT2D eigenvalue weighted by atomic mass is 16.5. The maximum absolute atomic E-state index is 13.7. The van der Waals surface area contributed by atoms with Crippen LogP contribution in [0.3, 0.4) is 0 Å². The van der Waals surface area contributed by atoms with Crippen LogP contribution < -0.4 is 10.1 Å². The maximum atomic E-state index is 13.7. The van der Waals surface area contributed by atoms with Gasteiger partial charge in [0.25, 0.3) is 5.91 Å². The molecule has 31 heavy (non-hydrogen) atoms. The molecule has 1 heterocycles. The summed E-state index contributed by atoms with van der Waals surface area (Å²) < 4.78 is 5.22. The van der Waals surface area contributed by atoms with Gasteiger partial charge in [-0.1, -0.05) is 57.0 Å². The largest absolute Gasteiger partial charge is 0.497 e. The lowest BCUT2D eigenvalue weighted by atomic mass is 9.70. The molecule has 1 fully saturated rings. The molecule has 1 atom stereocenters. The lowest BCUT2D eigenvalue weighted by Gasteiger charge is -2.50. The van der Waals surface area contributed by atoms with Gasteiger partial charge < -0.3 is 15.0 Å². The zero-order valence-corrected chi connectivity index (χ0v) is 18.7. The Morgan fingerprint density at radius 2 is 1.81 bits per heavy atom. The Bertz CT molecular complexity index is 945. The van der Waals surface area contributed by atoms with Crippen LogP contribution in [0.2, 0.25) is 0 Å². The Kier molecular flexibility index (Phi) is 6.03. The van der Waals surface area contributed by atoms with Crippen molar-refractivity contribution in [2.45, 2.75) is 57.5 Å². The van der Waals surface area contributed by atoms with Crippen molar-refractivity contribution < 1.29 is 14.3 Å². The fourth-order valence-electron chi connectivity index (χ4n) is 5.33. The second-order valence-electron chi connectivity index (χ2n) is 9.21. The maximum Gasteiger partial charge on any atom is 0.254 e. The molecule has 4 rings (SSSR count). The van der Waals surface area contributed by atoms with Crippen molar-refractivity contribution in [2.75, 3.05) is 13.7 Å². The summed E-state index contributed by atoms with van der Waals surface area (Å²) in [5.41, 5.74) is 2.14. The second kappa shape index (κ2) is 8.74. The number of carbonyl (C=O) groups excluding carboxylic acids is 2. The highest BCUT2D eigenvalue weighted by Crippen LogP contribution is 2.50. The lowest BCUT2D eigenvalue weighted by Crippen LogP contribution is -2.61. The topological polar surface area (TPSA) is 58.6 Å². The molecule has 2 aliphatic rings. The van der Waals surface area contributed by atoms with Crippen LogP contribution >= 0.6 is 0 Å². The van der Waals surface area contributed by atoms with Crippen molar-refractivity contribution in [1.29, 1.82) is 0 Å². The van der Waals surface area contributed by atoms with E-state index in [-0.39, 0.29) is 17.7 Å². The minimum Gasteiger partial charge on any atom is -0.497 e. The van der Waals surface area contributed by atoms with E-state index < -0.39 is 5.54 Å². The molecule has 1 spiro atoms. The second-order valence-corrected chi connectivity index (χ2v) is 9.21. The summed E-state index contributed by atoms with van der Waals surface area (Å²) in [6.45, 7) is 5.40. The molecule has 2 aromatic rings. The van der Waals surface area contributed by atoms with Crippen LogP contribution in [-0.2, 0) is 11.3 Å². The standard InChI is InChI=1S/C26H32N2O3/c1-18(2)17-28-25(30)22-9-5-4-8-21(22)23(26(28)14-6-7-15-26)24(29)27-16-19-10-12-20(31-3)13-11-19/h4-5,8-13,18,23H,6-7,14-17H2,1-3H3,(H,27,29)/t23-/m0/s1. The number of amides is 2. The molecular weight excluding hydrogens is 388 g/mol. The molecule has 1 aliphatic heterocycles. The molecular formula is C26H32N2O3. The number of fused-ring (bicyclic) bond motifs is 1. The predicted octanol–water partition coefficient (Wildman–Crippen LogP) is 4.52. The number of hydrogen-bond acceptors (Lipinski definition) is 3. The van der Waals surface area contributed by atoms with Gasteiger partial charge in [-0.2, -0.15) is 0 Å². The van der Waals surface area contributed by atoms with Gasteiger partial charge in [-0.15, -0.1) is 0 Å². The Morgan fingerprint density at radius 1 is 1.13 bits per heavy atom. The number of carbonyl (C=O) groups is 2. The highest BCUT2D eigenvalue weighted by molar-refractivity contribution is 6.02. The van der Waals surface area contributed by atoms with E-state index in [4.69, 9.17) is 4.74 Å². The predicted molar refractivity (Wildman–Crippen MR) is 121 cm³/mol. The summed E-state index contributed by atoms with van der Waals surface area (Å²) in [5, 5.41) is 3.17. The van der Waals surface area contributed by atoms with E-state index >= 15 is 0 Å². The van der Waals surface area contributed by atoms with Gasteiger partial charge in [-0.05, 0) is 48.1 Å². The summed E-state index contributed by atoms with van der Waals surface area (Å²) in [7, 11) is 1.64. The van der Waals surface area contributed by atoms with Gasteiger partial charge in [-0.25, -0.2) is 0 Å². The van der Waals surface area contributed by atoms with Crippen LogP contribution in [0.25, 0.3) is 0 Å². The molecule has 2 amide bonds. The number of methoxy groups -OCH3 is 1. The summed E-state index contributed by atoms with van der Waals surface area (Å²) >= 11 is 0. The first-order valence-electron chi connectivity index (χ1n) is 11.3. The fourth-order valence-corrected chi connectivity index (χ4v) is 5.33. The van der Waals surface area contributed by atoms with Crippen LogP contribution in [0.4, 0.5) is 0 Å². The van der Waals surface area contributed by atoms with E-state index in [0.717, 1.165) is 42.6 Å². The third-order valence-corrected chi connectivity index (χ3v) is 6.73. The SMILES string of the molecule is COc1ccc(CNC(=O)[C@@H]2c3ccccc3C(=O)N(CC(C)C)C23CCCC3)cc1. The monoisotopic (exact) mass is 420 g/mol. The third-order valence-electron chi connectivity index (χ3n) is 6.73. The number of rotatable bonds is 6. The molecule has 1 aliphatic carbocycles. The smallest absolute Gasteiger partial charge is 0.254 e. The van der Waals surface area contributed by atoms with Gasteiger partial charge in [0, 0.05) is 18.7 Å². The Balaban J connectivity index is 1.67. The normalized spacial score (nSPS) is 19.5. The van der Waals surface area contributed by atoms with E-state index in [1.807, 2.05) is 53.4 Å². The van der Waals surface area contributed by atoms with Crippen LogP contribution in [0.5, 0.6) is 5.75 Å². The molecule has 0 bridgehead atoms. The van der Waals surface area contributed by atoms with E-state index in [9.17, 15) is 9.59 Å². The minimum atomic E-state index is -0.431. The van der Waals surface area contributed by atoms with Crippen LogP contribution in [0.15, 0.2) is 48.5 Å². The average molecular weight is 421 g/mol. The van der Waals surface area contributed by atoms with Crippen LogP contribution in [0.1, 0.15) is 66.9 Å². The van der Waals surface area contributed by atoms with Gasteiger partial charge in [0.15, 0.2) is 0 Å². The zero-order valence-electron chi connectivity index (χ0n) is 18.7. The summed E-state index contributed by atoms with van der Waals surface area (Å²) in [6.07, 6.45) is 3.85. The van der Waals surface area contributed by atoms with Crippen molar-refractivity contribution in [1.82, 2.24) is 10.2 Å². The zero-order chi connectivity index (χ0) is 22.0. The van der Waals surface area contributed by atoms with Gasteiger partial charge in [0.1, 0.15) is 5.75 Å². The van der Waals surface area contributed by atoms with E-state index in [1.165, 1.54) is 0 Å². The Hall–Kier alpha value is -2.82. The molecule has 5 heteroatoms. The fraction of sp³-hybridized carbons (Fsp3) is 0.462. The van der Waals surface area contributed by atoms with Gasteiger partial charge in [-0.3, -0.25) is 9.59 Å². The van der Waals surface area contributed by atoms with Crippen molar-refractivity contribution in [3.8, 4) is 5.75 Å². The molecule has 1 N–H and O–H groups in total. The number of ether oxygens (including phenoxy) is 1. The van der Waals surface area contributed by atoms with Crippen LogP contribution in [-0.4, -0.2) is 35.9 Å². The first kappa shape index (κ1) is 21.4. The Morgan fingerprint density at radius 3 is 2.45 bits per heavy atom. The number of nitrogens with one attached hydrogen (secondary N) is 1. The lowest BCUT2D eigenvalue weighted by molar-refractivity contribution is -0.126.